The molecule has 0 radical (unpaired) electrons. The number of nitrogens with zero attached hydrogens (tertiary/aromatic N) is 5. The third-order valence-electron chi connectivity index (χ3n) is 5.21. The highest BCUT2D eigenvalue weighted by Gasteiger charge is 2.31. The monoisotopic (exact) mass is 431 g/mol. The summed E-state index contributed by atoms with van der Waals surface area (Å²) in [5.41, 5.74) is 4.29. The first kappa shape index (κ1) is 20.6. The molecule has 3 aromatic rings. The lowest BCUT2D eigenvalue weighted by Gasteiger charge is -2.19. The average Bonchev–Trinajstić information content (AvgIpc) is 3.25. The van der Waals surface area contributed by atoms with Crippen molar-refractivity contribution in [3.05, 3.63) is 57.2 Å². The largest absolute Gasteiger partial charge is 0.491 e. The number of ether oxygens (including phenoxy) is 1. The van der Waals surface area contributed by atoms with Gasteiger partial charge in [0.2, 0.25) is 0 Å². The fourth-order valence-corrected chi connectivity index (χ4v) is 3.68. The maximum Gasteiger partial charge on any atom is 0.258 e. The van der Waals surface area contributed by atoms with E-state index in [1.807, 2.05) is 32.8 Å². The maximum absolute atomic E-state index is 13.8. The predicted octanol–water partition coefficient (Wildman–Crippen LogP) is 3.24. The molecular formula is C21H23ClFN5O2. The first-order chi connectivity index (χ1) is 14.3. The Bertz CT molecular complexity index is 1140. The van der Waals surface area contributed by atoms with Crippen molar-refractivity contribution >= 4 is 23.2 Å². The van der Waals surface area contributed by atoms with Gasteiger partial charge < -0.3 is 14.5 Å². The van der Waals surface area contributed by atoms with Crippen LogP contribution in [0, 0.1) is 19.7 Å². The number of carbonyl (C=O) groups is 1. The van der Waals surface area contributed by atoms with Crippen LogP contribution in [-0.4, -0.2) is 57.6 Å². The molecule has 0 spiro atoms. The normalized spacial score (nSPS) is 13.4. The van der Waals surface area contributed by atoms with Crippen molar-refractivity contribution in [1.82, 2.24) is 24.4 Å². The number of aryl methyl sites for hydroxylation is 2. The standard InChI is InChI=1S/C21H23ClFN5O2/c1-12-19(22)13(2)28-20(24-12)16-10-27(11-17(16)25-28)21(29)15-6-5-14(23)9-18(15)30-8-7-26(3)4/h5-6,9H,7-8,10-11H2,1-4H3. The summed E-state index contributed by atoms with van der Waals surface area (Å²) in [4.78, 5) is 21.4. The van der Waals surface area contributed by atoms with Gasteiger partial charge in [0.1, 0.15) is 18.2 Å². The van der Waals surface area contributed by atoms with Gasteiger partial charge in [0.05, 0.1) is 40.8 Å². The number of benzene rings is 1. The van der Waals surface area contributed by atoms with E-state index in [9.17, 15) is 9.18 Å². The Balaban J connectivity index is 1.60. The highest BCUT2D eigenvalue weighted by Crippen LogP contribution is 2.31. The van der Waals surface area contributed by atoms with Crippen molar-refractivity contribution in [3.8, 4) is 5.75 Å². The zero-order chi connectivity index (χ0) is 21.6. The van der Waals surface area contributed by atoms with Crippen LogP contribution >= 0.6 is 11.6 Å². The molecule has 0 saturated carbocycles. The fourth-order valence-electron chi connectivity index (χ4n) is 3.56. The Morgan fingerprint density at radius 1 is 1.30 bits per heavy atom. The van der Waals surface area contributed by atoms with Crippen LogP contribution < -0.4 is 4.74 Å². The van der Waals surface area contributed by atoms with Crippen LogP contribution in [0.4, 0.5) is 4.39 Å². The number of aromatic nitrogens is 3. The molecule has 4 rings (SSSR count). The minimum Gasteiger partial charge on any atom is -0.491 e. The number of fused-ring (bicyclic) bond motifs is 3. The van der Waals surface area contributed by atoms with Crippen molar-refractivity contribution < 1.29 is 13.9 Å². The first-order valence-corrected chi connectivity index (χ1v) is 10.0. The van der Waals surface area contributed by atoms with Crippen LogP contribution in [0.2, 0.25) is 5.02 Å². The van der Waals surface area contributed by atoms with E-state index in [1.165, 1.54) is 18.2 Å². The molecule has 158 valence electrons. The summed E-state index contributed by atoms with van der Waals surface area (Å²) in [5, 5.41) is 5.19. The summed E-state index contributed by atoms with van der Waals surface area (Å²) in [6, 6.07) is 4.00. The van der Waals surface area contributed by atoms with Gasteiger partial charge in [-0.1, -0.05) is 11.6 Å². The molecule has 2 aromatic heterocycles. The van der Waals surface area contributed by atoms with Crippen LogP contribution in [0.15, 0.2) is 18.2 Å². The Hall–Kier alpha value is -2.71. The Morgan fingerprint density at radius 3 is 2.80 bits per heavy atom. The molecule has 0 fully saturated rings. The quantitative estimate of drug-likeness (QED) is 0.620. The van der Waals surface area contributed by atoms with Gasteiger partial charge in [-0.3, -0.25) is 4.79 Å². The molecule has 0 unspecified atom stereocenters. The number of likely N-dealkylation sites (N-methyl/N-ethyl adjacent to an activating group) is 1. The molecule has 3 heterocycles. The van der Waals surface area contributed by atoms with Crippen molar-refractivity contribution in [2.75, 3.05) is 27.2 Å². The second-order valence-corrected chi connectivity index (χ2v) is 8.09. The fraction of sp³-hybridized carbons (Fsp3) is 0.381. The van der Waals surface area contributed by atoms with Crippen LogP contribution in [0.1, 0.15) is 33.0 Å². The number of carbonyl (C=O) groups excluding carboxylic acids is 1. The number of amides is 1. The van der Waals surface area contributed by atoms with Crippen LogP contribution in [0.3, 0.4) is 0 Å². The van der Waals surface area contributed by atoms with E-state index < -0.39 is 5.82 Å². The van der Waals surface area contributed by atoms with E-state index in [0.717, 1.165) is 22.6 Å². The molecule has 1 aromatic carbocycles. The molecule has 1 aliphatic heterocycles. The Morgan fingerprint density at radius 2 is 2.07 bits per heavy atom. The highest BCUT2D eigenvalue weighted by molar-refractivity contribution is 6.31. The lowest BCUT2D eigenvalue weighted by atomic mass is 10.1. The smallest absolute Gasteiger partial charge is 0.258 e. The summed E-state index contributed by atoms with van der Waals surface area (Å²) >= 11 is 6.29. The molecule has 0 saturated heterocycles. The predicted molar refractivity (Wildman–Crippen MR) is 111 cm³/mol. The van der Waals surface area contributed by atoms with Gasteiger partial charge >= 0.3 is 0 Å². The summed E-state index contributed by atoms with van der Waals surface area (Å²) in [7, 11) is 3.84. The molecule has 1 amide bonds. The average molecular weight is 432 g/mol. The summed E-state index contributed by atoms with van der Waals surface area (Å²) in [5.74, 6) is -0.425. The maximum atomic E-state index is 13.8. The minimum atomic E-state index is -0.444. The van der Waals surface area contributed by atoms with Gasteiger partial charge in [-0.15, -0.1) is 0 Å². The lowest BCUT2D eigenvalue weighted by Crippen LogP contribution is -2.27. The molecule has 30 heavy (non-hydrogen) atoms. The third kappa shape index (κ3) is 3.61. The minimum absolute atomic E-state index is 0.228. The van der Waals surface area contributed by atoms with Gasteiger partial charge in [0.15, 0.2) is 5.65 Å². The number of halogens is 2. The molecule has 0 aliphatic carbocycles. The number of hydrogen-bond donors (Lipinski definition) is 0. The Labute approximate surface area is 179 Å². The van der Waals surface area contributed by atoms with Crippen molar-refractivity contribution in [2.24, 2.45) is 0 Å². The molecule has 0 N–H and O–H groups in total. The van der Waals surface area contributed by atoms with Crippen LogP contribution in [0.5, 0.6) is 5.75 Å². The number of hydrogen-bond acceptors (Lipinski definition) is 5. The zero-order valence-corrected chi connectivity index (χ0v) is 18.1. The molecule has 7 nitrogen and oxygen atoms in total. The Kier molecular flexibility index (Phi) is 5.38. The summed E-state index contributed by atoms with van der Waals surface area (Å²) in [6.45, 7) is 5.48. The second kappa shape index (κ2) is 7.85. The van der Waals surface area contributed by atoms with E-state index in [0.29, 0.717) is 42.5 Å². The van der Waals surface area contributed by atoms with Crippen molar-refractivity contribution in [2.45, 2.75) is 26.9 Å². The molecule has 9 heteroatoms. The topological polar surface area (TPSA) is 63.0 Å². The van der Waals surface area contributed by atoms with Gasteiger partial charge in [0.25, 0.3) is 5.91 Å². The van der Waals surface area contributed by atoms with Crippen LogP contribution in [0.25, 0.3) is 5.65 Å². The van der Waals surface area contributed by atoms with Gasteiger partial charge in [-0.25, -0.2) is 13.9 Å². The van der Waals surface area contributed by atoms with E-state index in [1.54, 1.807) is 9.42 Å². The SMILES string of the molecule is Cc1nc2c3c(nn2c(C)c1Cl)CN(C(=O)c1ccc(F)cc1OCCN(C)C)C3. The van der Waals surface area contributed by atoms with E-state index in [4.69, 9.17) is 16.3 Å². The molecule has 0 atom stereocenters. The highest BCUT2D eigenvalue weighted by atomic mass is 35.5. The summed E-state index contributed by atoms with van der Waals surface area (Å²) < 4.78 is 21.2. The zero-order valence-electron chi connectivity index (χ0n) is 17.4. The van der Waals surface area contributed by atoms with E-state index in [-0.39, 0.29) is 11.7 Å². The first-order valence-electron chi connectivity index (χ1n) is 9.65. The summed E-state index contributed by atoms with van der Waals surface area (Å²) in [6.07, 6.45) is 0. The molecule has 1 aliphatic rings. The lowest BCUT2D eigenvalue weighted by molar-refractivity contribution is 0.0745. The van der Waals surface area contributed by atoms with Crippen LogP contribution in [-0.2, 0) is 13.1 Å². The molecular weight excluding hydrogens is 409 g/mol. The molecule has 0 bridgehead atoms. The van der Waals surface area contributed by atoms with E-state index in [2.05, 4.69) is 10.1 Å². The van der Waals surface area contributed by atoms with Crippen molar-refractivity contribution in [3.63, 3.8) is 0 Å². The van der Waals surface area contributed by atoms with Gasteiger partial charge in [0, 0.05) is 18.2 Å². The third-order valence-corrected chi connectivity index (χ3v) is 5.76. The van der Waals surface area contributed by atoms with Gasteiger partial charge in [-0.05, 0) is 40.1 Å². The van der Waals surface area contributed by atoms with Gasteiger partial charge in [-0.2, -0.15) is 5.10 Å². The van der Waals surface area contributed by atoms with E-state index >= 15 is 0 Å². The van der Waals surface area contributed by atoms with Crippen molar-refractivity contribution in [1.29, 1.82) is 0 Å². The second-order valence-electron chi connectivity index (χ2n) is 7.71. The number of rotatable bonds is 5.